The van der Waals surface area contributed by atoms with E-state index in [-0.39, 0.29) is 15.9 Å². The first-order valence-electron chi connectivity index (χ1n) is 11.4. The van der Waals surface area contributed by atoms with E-state index in [1.807, 2.05) is 6.07 Å². The number of unbranched alkanes of at least 4 members (excludes halogenated alkanes) is 3. The van der Waals surface area contributed by atoms with Gasteiger partial charge in [0.05, 0.1) is 30.3 Å². The zero-order chi connectivity index (χ0) is 24.4. The van der Waals surface area contributed by atoms with Crippen LogP contribution >= 0.6 is 12.2 Å². The number of nitrogens with zero attached hydrogens (tertiary/aromatic N) is 1. The van der Waals surface area contributed by atoms with Gasteiger partial charge in [0.2, 0.25) is 10.0 Å². The smallest absolute Gasteiger partial charge is 0.261 e. The lowest BCUT2D eigenvalue weighted by atomic mass is 10.2. The second-order valence-corrected chi connectivity index (χ2v) is 10.2. The molecule has 3 rings (SSSR count). The molecule has 0 aliphatic carbocycles. The van der Waals surface area contributed by atoms with Gasteiger partial charge < -0.3 is 14.8 Å². The first-order valence-corrected chi connectivity index (χ1v) is 13.3. The molecular formula is C24H31N3O5S2. The molecule has 1 fully saturated rings. The molecule has 0 radical (unpaired) electrons. The third kappa shape index (κ3) is 7.23. The van der Waals surface area contributed by atoms with Gasteiger partial charge in [-0.15, -0.1) is 0 Å². The maximum Gasteiger partial charge on any atom is 0.261 e. The van der Waals surface area contributed by atoms with Gasteiger partial charge in [-0.2, -0.15) is 4.31 Å². The molecule has 1 aliphatic heterocycles. The summed E-state index contributed by atoms with van der Waals surface area (Å²) in [6.07, 6.45) is 4.33. The van der Waals surface area contributed by atoms with Crippen LogP contribution in [0.1, 0.15) is 43.0 Å². The summed E-state index contributed by atoms with van der Waals surface area (Å²) in [6, 6.07) is 13.3. The number of thiocarbonyl (C=S) groups is 1. The lowest BCUT2D eigenvalue weighted by Gasteiger charge is -2.26. The van der Waals surface area contributed by atoms with Crippen LogP contribution in [-0.2, 0) is 14.8 Å². The highest BCUT2D eigenvalue weighted by molar-refractivity contribution is 7.89. The van der Waals surface area contributed by atoms with Crippen molar-refractivity contribution in [2.75, 3.05) is 38.2 Å². The summed E-state index contributed by atoms with van der Waals surface area (Å²) in [6.45, 7) is 4.15. The number of morpholine rings is 1. The molecule has 2 N–H and O–H groups in total. The number of hydrogen-bond acceptors (Lipinski definition) is 6. The van der Waals surface area contributed by atoms with Gasteiger partial charge in [-0.3, -0.25) is 10.1 Å². The summed E-state index contributed by atoms with van der Waals surface area (Å²) < 4.78 is 37.9. The van der Waals surface area contributed by atoms with Gasteiger partial charge in [-0.25, -0.2) is 8.42 Å². The molecule has 0 aromatic heterocycles. The summed E-state index contributed by atoms with van der Waals surface area (Å²) >= 11 is 5.28. The van der Waals surface area contributed by atoms with E-state index in [1.54, 1.807) is 30.3 Å². The molecule has 8 nitrogen and oxygen atoms in total. The van der Waals surface area contributed by atoms with Crippen molar-refractivity contribution < 1.29 is 22.7 Å². The quantitative estimate of drug-likeness (QED) is 0.375. The number of hydrogen-bond donors (Lipinski definition) is 2. The molecule has 0 spiro atoms. The number of ether oxygens (including phenoxy) is 2. The Labute approximate surface area is 206 Å². The minimum absolute atomic E-state index is 0.103. The van der Waals surface area contributed by atoms with Crippen LogP contribution < -0.4 is 15.4 Å². The lowest BCUT2D eigenvalue weighted by Crippen LogP contribution is -2.40. The maximum absolute atomic E-state index is 12.7. The second kappa shape index (κ2) is 12.8. The summed E-state index contributed by atoms with van der Waals surface area (Å²) in [7, 11) is -3.57. The molecule has 1 saturated heterocycles. The number of carbonyl (C=O) groups is 1. The molecule has 2 aromatic carbocycles. The van der Waals surface area contributed by atoms with Gasteiger partial charge in [-0.05, 0) is 55.0 Å². The lowest BCUT2D eigenvalue weighted by molar-refractivity contribution is 0.0730. The van der Waals surface area contributed by atoms with E-state index in [9.17, 15) is 13.2 Å². The van der Waals surface area contributed by atoms with Crippen LogP contribution in [0.3, 0.4) is 0 Å². The minimum Gasteiger partial charge on any atom is -0.493 e. The maximum atomic E-state index is 12.7. The van der Waals surface area contributed by atoms with Gasteiger partial charge in [0.15, 0.2) is 5.11 Å². The van der Waals surface area contributed by atoms with Gasteiger partial charge in [0.1, 0.15) is 5.75 Å². The Hall–Kier alpha value is -2.53. The van der Waals surface area contributed by atoms with Crippen LogP contribution in [0.15, 0.2) is 53.4 Å². The van der Waals surface area contributed by atoms with Gasteiger partial charge in [-0.1, -0.05) is 38.3 Å². The Morgan fingerprint density at radius 3 is 2.47 bits per heavy atom. The van der Waals surface area contributed by atoms with E-state index < -0.39 is 10.0 Å². The largest absolute Gasteiger partial charge is 0.493 e. The van der Waals surface area contributed by atoms with E-state index in [2.05, 4.69) is 17.6 Å². The fraction of sp³-hybridized carbons (Fsp3) is 0.417. The standard InChI is InChI=1S/C24H31N3O5S2/c1-2-3-4-7-16-32-22-9-6-5-8-21(22)23(28)26-24(33)25-19-10-12-20(13-11-19)34(29,30)27-14-17-31-18-15-27/h5-6,8-13H,2-4,7,14-18H2,1H3,(H2,25,26,28,33). The topological polar surface area (TPSA) is 97.0 Å². The monoisotopic (exact) mass is 505 g/mol. The van der Waals surface area contributed by atoms with Crippen LogP contribution in [0.2, 0.25) is 0 Å². The van der Waals surface area contributed by atoms with Crippen LogP contribution in [0.4, 0.5) is 5.69 Å². The Morgan fingerprint density at radius 1 is 1.06 bits per heavy atom. The van der Waals surface area contributed by atoms with Gasteiger partial charge >= 0.3 is 0 Å². The molecular weight excluding hydrogens is 474 g/mol. The SMILES string of the molecule is CCCCCCOc1ccccc1C(=O)NC(=S)Nc1ccc(S(=O)(=O)N2CCOCC2)cc1. The van der Waals surface area contributed by atoms with Crippen LogP contribution in [0.5, 0.6) is 5.75 Å². The van der Waals surface area contributed by atoms with Crippen LogP contribution in [0, 0.1) is 0 Å². The highest BCUT2D eigenvalue weighted by Gasteiger charge is 2.26. The molecule has 184 valence electrons. The van der Waals surface area contributed by atoms with E-state index in [0.717, 1.165) is 25.7 Å². The summed E-state index contributed by atoms with van der Waals surface area (Å²) in [5.74, 6) is 0.130. The molecule has 0 saturated carbocycles. The van der Waals surface area contributed by atoms with Crippen LogP contribution in [-0.4, -0.2) is 56.7 Å². The number of benzene rings is 2. The van der Waals surface area contributed by atoms with Gasteiger partial charge in [0.25, 0.3) is 5.91 Å². The average molecular weight is 506 g/mol. The molecule has 1 amide bonds. The number of amides is 1. The Morgan fingerprint density at radius 2 is 1.76 bits per heavy atom. The van der Waals surface area contributed by atoms with Crippen molar-refractivity contribution in [3.8, 4) is 5.75 Å². The third-order valence-corrected chi connectivity index (χ3v) is 7.45. The predicted octanol–water partition coefficient (Wildman–Crippen LogP) is 3.79. The molecule has 0 atom stereocenters. The van der Waals surface area contributed by atoms with Crippen molar-refractivity contribution in [1.29, 1.82) is 0 Å². The highest BCUT2D eigenvalue weighted by Crippen LogP contribution is 2.20. The molecule has 1 heterocycles. The summed E-state index contributed by atoms with van der Waals surface area (Å²) in [4.78, 5) is 12.9. The zero-order valence-corrected chi connectivity index (χ0v) is 20.9. The van der Waals surface area contributed by atoms with E-state index in [4.69, 9.17) is 21.7 Å². The molecule has 0 unspecified atom stereocenters. The molecule has 10 heteroatoms. The second-order valence-electron chi connectivity index (χ2n) is 7.85. The number of anilines is 1. The number of para-hydroxylation sites is 1. The van der Waals surface area contributed by atoms with Crippen molar-refractivity contribution in [3.63, 3.8) is 0 Å². The van der Waals surface area contributed by atoms with Crippen molar-refractivity contribution in [2.24, 2.45) is 0 Å². The minimum atomic E-state index is -3.57. The van der Waals surface area contributed by atoms with E-state index >= 15 is 0 Å². The summed E-state index contributed by atoms with van der Waals surface area (Å²) in [5, 5.41) is 5.67. The number of carbonyl (C=O) groups excluding carboxylic acids is 1. The number of sulfonamides is 1. The van der Waals surface area contributed by atoms with Crippen molar-refractivity contribution >= 4 is 38.9 Å². The highest BCUT2D eigenvalue weighted by atomic mass is 32.2. The Bertz CT molecular complexity index is 1070. The summed E-state index contributed by atoms with van der Waals surface area (Å²) in [5.41, 5.74) is 0.959. The fourth-order valence-electron chi connectivity index (χ4n) is 3.47. The van der Waals surface area contributed by atoms with Crippen molar-refractivity contribution in [3.05, 3.63) is 54.1 Å². The molecule has 34 heavy (non-hydrogen) atoms. The van der Waals surface area contributed by atoms with Gasteiger partial charge in [0, 0.05) is 18.8 Å². The Balaban J connectivity index is 1.56. The average Bonchev–Trinajstić information content (AvgIpc) is 2.85. The van der Waals surface area contributed by atoms with Crippen molar-refractivity contribution in [2.45, 2.75) is 37.5 Å². The first-order chi connectivity index (χ1) is 16.4. The normalized spacial score (nSPS) is 14.4. The third-order valence-electron chi connectivity index (χ3n) is 5.33. The fourth-order valence-corrected chi connectivity index (χ4v) is 5.09. The number of nitrogens with one attached hydrogen (secondary N) is 2. The Kier molecular flexibility index (Phi) is 9.82. The first kappa shape index (κ1) is 26.1. The van der Waals surface area contributed by atoms with Crippen LogP contribution in [0.25, 0.3) is 0 Å². The van der Waals surface area contributed by atoms with Crippen molar-refractivity contribution in [1.82, 2.24) is 9.62 Å². The predicted molar refractivity (Wildman–Crippen MR) is 136 cm³/mol. The molecule has 0 bridgehead atoms. The zero-order valence-electron chi connectivity index (χ0n) is 19.3. The molecule has 2 aromatic rings. The van der Waals surface area contributed by atoms with E-state index in [0.29, 0.717) is 49.9 Å². The molecule has 1 aliphatic rings. The van der Waals surface area contributed by atoms with E-state index in [1.165, 1.54) is 16.4 Å². The number of rotatable bonds is 10.